The van der Waals surface area contributed by atoms with Gasteiger partial charge in [0.25, 0.3) is 0 Å². The third kappa shape index (κ3) is 3.91. The van der Waals surface area contributed by atoms with Crippen LogP contribution in [0.1, 0.15) is 14.3 Å². The number of imide groups is 1. The van der Waals surface area contributed by atoms with Gasteiger partial charge in [0.2, 0.25) is 11.8 Å². The van der Waals surface area contributed by atoms with Crippen LogP contribution >= 0.6 is 0 Å². The Morgan fingerprint density at radius 1 is 1.43 bits per heavy atom. The Kier molecular flexibility index (Phi) is 4.12. The van der Waals surface area contributed by atoms with Gasteiger partial charge in [0.1, 0.15) is 11.8 Å². The Morgan fingerprint density at radius 3 is 2.76 bits per heavy atom. The molecule has 1 saturated heterocycles. The van der Waals surface area contributed by atoms with Crippen molar-refractivity contribution in [3.8, 4) is 5.75 Å². The van der Waals surface area contributed by atoms with Crippen molar-refractivity contribution in [3.05, 3.63) is 24.3 Å². The number of piperidine rings is 1. The number of likely N-dealkylation sites (N-methyl/N-ethyl adjacent to an activating group) is 1. The number of rotatable bonds is 4. The molecule has 116 valence electrons. The molecule has 1 N–H and O–H groups in total. The van der Waals surface area contributed by atoms with Gasteiger partial charge in [0.05, 0.1) is 0 Å². The number of nitrogens with one attached hydrogen (secondary N) is 1. The molecule has 0 bridgehead atoms. The van der Waals surface area contributed by atoms with E-state index in [9.17, 15) is 21.9 Å². The highest BCUT2D eigenvalue weighted by atomic mass is 32.3. The quantitative estimate of drug-likeness (QED) is 0.651. The summed E-state index contributed by atoms with van der Waals surface area (Å²) in [6.07, 6.45) is 0.559. The second-order valence-electron chi connectivity index (χ2n) is 4.55. The molecule has 7 nitrogen and oxygen atoms in total. The molecule has 1 aliphatic rings. The van der Waals surface area contributed by atoms with Gasteiger partial charge in [-0.1, -0.05) is 9.95 Å². The molecule has 2 amide bonds. The van der Waals surface area contributed by atoms with E-state index in [2.05, 4.69) is 9.50 Å². The fourth-order valence-corrected chi connectivity index (χ4v) is 2.43. The maximum Gasteiger partial charge on any atom is 0.488 e. The van der Waals surface area contributed by atoms with Gasteiger partial charge in [-0.05, 0) is 18.6 Å². The fraction of sp³-hybridized carbons (Fsp3) is 0.333. The zero-order valence-corrected chi connectivity index (χ0v) is 11.9. The molecule has 1 atom stereocenters. The lowest BCUT2D eigenvalue weighted by atomic mass is 10.0. The number of carbonyl (C=O) groups is 2. The molecule has 1 heterocycles. The molecule has 1 fully saturated rings. The number of nitrogens with zero attached hydrogens (tertiary/aromatic N) is 1. The van der Waals surface area contributed by atoms with E-state index in [-0.39, 0.29) is 19.5 Å². The van der Waals surface area contributed by atoms with E-state index in [0.29, 0.717) is 12.1 Å². The molecule has 1 aromatic rings. The van der Waals surface area contributed by atoms with Gasteiger partial charge >= 0.3 is 10.5 Å². The van der Waals surface area contributed by atoms with E-state index in [1.165, 1.54) is 18.2 Å². The van der Waals surface area contributed by atoms with Crippen molar-refractivity contribution in [2.24, 2.45) is 0 Å². The zero-order chi connectivity index (χ0) is 15.6. The van der Waals surface area contributed by atoms with Crippen LogP contribution in [0.25, 0.3) is 0 Å². The summed E-state index contributed by atoms with van der Waals surface area (Å²) >= 11 is 0. The number of carbonyl (C=O) groups excluding carboxylic acids is 2. The number of hydrogen-bond donors (Lipinski definition) is 1. The average molecular weight is 318 g/mol. The summed E-state index contributed by atoms with van der Waals surface area (Å²) in [6.45, 7) is 0. The van der Waals surface area contributed by atoms with Gasteiger partial charge in [-0.25, -0.2) is 0 Å². The van der Waals surface area contributed by atoms with E-state index in [1.807, 2.05) is 0 Å². The van der Waals surface area contributed by atoms with Crippen molar-refractivity contribution in [1.82, 2.24) is 5.32 Å². The van der Waals surface area contributed by atoms with Crippen molar-refractivity contribution >= 4 is 28.0 Å². The standard InChI is InChI=1S/C12H13FN2O5S.H2/c1-15(10-5-6-11(16)14-12(10)17)8-3-2-4-9(7-8)20-21(13,18)19;/h2-4,7,10H,5-6H2,1H3,(H,14,16,17);1H. The van der Waals surface area contributed by atoms with Gasteiger partial charge in [-0.15, -0.1) is 0 Å². The third-order valence-corrected chi connectivity index (χ3v) is 3.49. The molecule has 0 aliphatic carbocycles. The Labute approximate surface area is 122 Å². The Balaban J connectivity index is 0.00000242. The van der Waals surface area contributed by atoms with Crippen LogP contribution in [-0.4, -0.2) is 33.3 Å². The topological polar surface area (TPSA) is 92.8 Å². The van der Waals surface area contributed by atoms with E-state index in [4.69, 9.17) is 0 Å². The number of halogens is 1. The Hall–Kier alpha value is -2.16. The number of anilines is 1. The summed E-state index contributed by atoms with van der Waals surface area (Å²) in [7, 11) is -3.49. The first-order chi connectivity index (χ1) is 9.76. The lowest BCUT2D eigenvalue weighted by Crippen LogP contribution is -2.51. The lowest BCUT2D eigenvalue weighted by molar-refractivity contribution is -0.134. The summed E-state index contributed by atoms with van der Waals surface area (Å²) in [5.74, 6) is -0.961. The highest BCUT2D eigenvalue weighted by Gasteiger charge is 2.30. The SMILES string of the molecule is CN(c1cccc(OS(=O)(=O)F)c1)C1CCC(=O)NC1=O.[HH]. The van der Waals surface area contributed by atoms with Crippen LogP contribution in [0.4, 0.5) is 9.57 Å². The van der Waals surface area contributed by atoms with Gasteiger partial charge in [-0.2, -0.15) is 8.42 Å². The third-order valence-electron chi connectivity index (χ3n) is 3.10. The summed E-state index contributed by atoms with van der Waals surface area (Å²) in [6, 6.07) is 5.08. The minimum atomic E-state index is -5.11. The van der Waals surface area contributed by atoms with Crippen LogP contribution < -0.4 is 14.4 Å². The van der Waals surface area contributed by atoms with Crippen molar-refractivity contribution in [2.75, 3.05) is 11.9 Å². The fourth-order valence-electron chi connectivity index (χ4n) is 2.10. The molecule has 21 heavy (non-hydrogen) atoms. The van der Waals surface area contributed by atoms with Crippen molar-refractivity contribution in [3.63, 3.8) is 0 Å². The molecule has 1 aromatic carbocycles. The van der Waals surface area contributed by atoms with E-state index in [1.54, 1.807) is 18.0 Å². The second-order valence-corrected chi connectivity index (χ2v) is 5.50. The Morgan fingerprint density at radius 2 is 2.14 bits per heavy atom. The minimum Gasteiger partial charge on any atom is -0.363 e. The number of amides is 2. The van der Waals surface area contributed by atoms with Crippen molar-refractivity contribution in [2.45, 2.75) is 18.9 Å². The monoisotopic (exact) mass is 318 g/mol. The van der Waals surface area contributed by atoms with Crippen LogP contribution in [0.15, 0.2) is 24.3 Å². The molecular formula is C12H15FN2O5S. The summed E-state index contributed by atoms with van der Waals surface area (Å²) < 4.78 is 37.6. The van der Waals surface area contributed by atoms with E-state index in [0.717, 1.165) is 0 Å². The van der Waals surface area contributed by atoms with Crippen LogP contribution in [0.5, 0.6) is 5.75 Å². The number of benzene rings is 1. The first-order valence-corrected chi connectivity index (χ1v) is 7.38. The molecule has 1 aliphatic heterocycles. The summed E-state index contributed by atoms with van der Waals surface area (Å²) in [5.41, 5.74) is 0.464. The normalized spacial score (nSPS) is 19.0. The zero-order valence-electron chi connectivity index (χ0n) is 11.1. The largest absolute Gasteiger partial charge is 0.488 e. The molecule has 0 spiro atoms. The first-order valence-electron chi connectivity index (χ1n) is 6.07. The van der Waals surface area contributed by atoms with E-state index >= 15 is 0 Å². The minimum absolute atomic E-state index is 0. The molecule has 2 rings (SSSR count). The maximum atomic E-state index is 12.5. The average Bonchev–Trinajstić information content (AvgIpc) is 2.36. The Bertz CT molecular complexity index is 682. The van der Waals surface area contributed by atoms with Gasteiger partial charge < -0.3 is 9.08 Å². The van der Waals surface area contributed by atoms with Crippen LogP contribution in [0.3, 0.4) is 0 Å². The predicted molar refractivity (Wildman–Crippen MR) is 73.8 cm³/mol. The predicted octanol–water partition coefficient (Wildman–Crippen LogP) is 0.767. The lowest BCUT2D eigenvalue weighted by Gasteiger charge is -2.31. The van der Waals surface area contributed by atoms with Crippen LogP contribution in [0.2, 0.25) is 0 Å². The highest BCUT2D eigenvalue weighted by molar-refractivity contribution is 7.81. The van der Waals surface area contributed by atoms with Gasteiger partial charge in [-0.3, -0.25) is 14.9 Å². The van der Waals surface area contributed by atoms with Crippen molar-refractivity contribution in [1.29, 1.82) is 0 Å². The highest BCUT2D eigenvalue weighted by Crippen LogP contribution is 2.25. The summed E-state index contributed by atoms with van der Waals surface area (Å²) in [4.78, 5) is 24.5. The van der Waals surface area contributed by atoms with Gasteiger partial charge in [0.15, 0.2) is 0 Å². The molecular weight excluding hydrogens is 303 g/mol. The molecule has 0 radical (unpaired) electrons. The molecule has 9 heteroatoms. The number of hydrogen-bond acceptors (Lipinski definition) is 6. The second kappa shape index (κ2) is 5.68. The smallest absolute Gasteiger partial charge is 0.363 e. The maximum absolute atomic E-state index is 12.5. The van der Waals surface area contributed by atoms with E-state index < -0.39 is 22.5 Å². The summed E-state index contributed by atoms with van der Waals surface area (Å²) in [5, 5.41) is 2.23. The first kappa shape index (κ1) is 15.2. The van der Waals surface area contributed by atoms with Gasteiger partial charge in [0, 0.05) is 26.6 Å². The van der Waals surface area contributed by atoms with Crippen molar-refractivity contribution < 1.29 is 27.5 Å². The molecule has 0 saturated carbocycles. The molecule has 0 aromatic heterocycles. The molecule has 1 unspecified atom stereocenters. The van der Waals surface area contributed by atoms with Crippen LogP contribution in [-0.2, 0) is 20.1 Å². The van der Waals surface area contributed by atoms with Crippen LogP contribution in [0, 0.1) is 0 Å².